The normalized spacial score (nSPS) is 14.1. The maximum atomic E-state index is 13.2. The fraction of sp³-hybridized carbons (Fsp3) is 0.480. The Morgan fingerprint density at radius 1 is 1.03 bits per heavy atom. The van der Waals surface area contributed by atoms with Crippen molar-refractivity contribution in [3.63, 3.8) is 0 Å². The molecule has 0 saturated carbocycles. The summed E-state index contributed by atoms with van der Waals surface area (Å²) in [7, 11) is -3.65. The first kappa shape index (κ1) is 24.9. The molecule has 0 spiro atoms. The van der Waals surface area contributed by atoms with Gasteiger partial charge in [-0.1, -0.05) is 58.0 Å². The summed E-state index contributed by atoms with van der Waals surface area (Å²) in [6.45, 7) is 14.1. The monoisotopic (exact) mass is 444 g/mol. The molecule has 2 unspecified atom stereocenters. The van der Waals surface area contributed by atoms with Gasteiger partial charge in [-0.3, -0.25) is 9.10 Å². The summed E-state index contributed by atoms with van der Waals surface area (Å²) in [5.74, 6) is -0.307. The lowest BCUT2D eigenvalue weighted by Crippen LogP contribution is -2.49. The molecule has 2 aromatic carbocycles. The van der Waals surface area contributed by atoms with Crippen LogP contribution < -0.4 is 9.62 Å². The first-order valence-electron chi connectivity index (χ1n) is 10.7. The maximum Gasteiger partial charge on any atom is 0.244 e. The molecule has 1 amide bonds. The molecule has 2 rings (SSSR count). The number of aryl methyl sites for hydroxylation is 2. The molecule has 2 aromatic rings. The van der Waals surface area contributed by atoms with Crippen LogP contribution in [0.25, 0.3) is 0 Å². The highest BCUT2D eigenvalue weighted by Gasteiger charge is 2.32. The number of anilines is 1. The Bertz CT molecular complexity index is 1020. The Morgan fingerprint density at radius 2 is 1.61 bits per heavy atom. The molecule has 0 fully saturated rings. The van der Waals surface area contributed by atoms with Crippen LogP contribution in [0.15, 0.2) is 42.5 Å². The van der Waals surface area contributed by atoms with Gasteiger partial charge in [-0.25, -0.2) is 8.42 Å². The van der Waals surface area contributed by atoms with E-state index in [-0.39, 0.29) is 17.4 Å². The molecule has 0 bridgehead atoms. The van der Waals surface area contributed by atoms with Gasteiger partial charge in [-0.05, 0) is 67.0 Å². The SMILES string of the molecule is CCC(C(=O)NC(C)c1ccc(C(C)(C)C)cc1)N(c1ccc(C)c(C)c1)S(C)(=O)=O. The summed E-state index contributed by atoms with van der Waals surface area (Å²) in [4.78, 5) is 13.2. The number of benzene rings is 2. The van der Waals surface area contributed by atoms with Crippen LogP contribution in [0, 0.1) is 13.8 Å². The van der Waals surface area contributed by atoms with Gasteiger partial charge in [0.2, 0.25) is 15.9 Å². The van der Waals surface area contributed by atoms with Gasteiger partial charge in [0.1, 0.15) is 6.04 Å². The van der Waals surface area contributed by atoms with Gasteiger partial charge in [0.25, 0.3) is 0 Å². The average Bonchev–Trinajstić information content (AvgIpc) is 2.66. The zero-order valence-corrected chi connectivity index (χ0v) is 20.8. The van der Waals surface area contributed by atoms with Gasteiger partial charge in [-0.2, -0.15) is 0 Å². The topological polar surface area (TPSA) is 66.5 Å². The van der Waals surface area contributed by atoms with Crippen molar-refractivity contribution in [2.24, 2.45) is 0 Å². The van der Waals surface area contributed by atoms with Gasteiger partial charge < -0.3 is 5.32 Å². The Kier molecular flexibility index (Phi) is 7.58. The molecule has 0 aromatic heterocycles. The maximum absolute atomic E-state index is 13.2. The van der Waals surface area contributed by atoms with E-state index in [2.05, 4.69) is 38.2 Å². The number of rotatable bonds is 7. The zero-order chi connectivity index (χ0) is 23.6. The van der Waals surface area contributed by atoms with Crippen LogP contribution in [-0.4, -0.2) is 26.6 Å². The van der Waals surface area contributed by atoms with E-state index in [1.165, 1.54) is 9.87 Å². The van der Waals surface area contributed by atoms with Crippen molar-refractivity contribution in [2.45, 2.75) is 72.4 Å². The minimum absolute atomic E-state index is 0.0560. The van der Waals surface area contributed by atoms with Crippen molar-refractivity contribution in [2.75, 3.05) is 10.6 Å². The van der Waals surface area contributed by atoms with Crippen LogP contribution in [0.4, 0.5) is 5.69 Å². The molecule has 31 heavy (non-hydrogen) atoms. The van der Waals surface area contributed by atoms with Gasteiger partial charge in [0.15, 0.2) is 0 Å². The lowest BCUT2D eigenvalue weighted by molar-refractivity contribution is -0.122. The highest BCUT2D eigenvalue weighted by Crippen LogP contribution is 2.27. The van der Waals surface area contributed by atoms with Gasteiger partial charge >= 0.3 is 0 Å². The van der Waals surface area contributed by atoms with Crippen molar-refractivity contribution in [3.05, 3.63) is 64.7 Å². The van der Waals surface area contributed by atoms with Crippen molar-refractivity contribution in [3.8, 4) is 0 Å². The highest BCUT2D eigenvalue weighted by molar-refractivity contribution is 7.92. The molecule has 0 saturated heterocycles. The van der Waals surface area contributed by atoms with Crippen LogP contribution in [-0.2, 0) is 20.2 Å². The fourth-order valence-electron chi connectivity index (χ4n) is 3.59. The molecule has 6 heteroatoms. The number of nitrogens with zero attached hydrogens (tertiary/aromatic N) is 1. The van der Waals surface area contributed by atoms with Crippen LogP contribution in [0.1, 0.15) is 69.3 Å². The smallest absolute Gasteiger partial charge is 0.244 e. The number of amides is 1. The van der Waals surface area contributed by atoms with E-state index in [0.29, 0.717) is 12.1 Å². The van der Waals surface area contributed by atoms with E-state index in [9.17, 15) is 13.2 Å². The van der Waals surface area contributed by atoms with E-state index >= 15 is 0 Å². The molecule has 0 radical (unpaired) electrons. The minimum Gasteiger partial charge on any atom is -0.348 e. The van der Waals surface area contributed by atoms with Crippen LogP contribution in [0.2, 0.25) is 0 Å². The number of hydrogen-bond donors (Lipinski definition) is 1. The minimum atomic E-state index is -3.65. The predicted molar refractivity (Wildman–Crippen MR) is 129 cm³/mol. The number of hydrogen-bond acceptors (Lipinski definition) is 3. The first-order valence-corrected chi connectivity index (χ1v) is 12.6. The molecule has 2 atom stereocenters. The van der Waals surface area contributed by atoms with E-state index in [1.54, 1.807) is 6.07 Å². The molecular formula is C25H36N2O3S. The van der Waals surface area contributed by atoms with Crippen LogP contribution >= 0.6 is 0 Å². The predicted octanol–water partition coefficient (Wildman–Crippen LogP) is 5.02. The highest BCUT2D eigenvalue weighted by atomic mass is 32.2. The van der Waals surface area contributed by atoms with Crippen molar-refractivity contribution in [1.29, 1.82) is 0 Å². The van der Waals surface area contributed by atoms with Gasteiger partial charge in [-0.15, -0.1) is 0 Å². The summed E-state index contributed by atoms with van der Waals surface area (Å²) in [6, 6.07) is 12.6. The lowest BCUT2D eigenvalue weighted by atomic mass is 9.86. The van der Waals surface area contributed by atoms with E-state index in [0.717, 1.165) is 22.9 Å². The van der Waals surface area contributed by atoms with E-state index in [4.69, 9.17) is 0 Å². The summed E-state index contributed by atoms with van der Waals surface area (Å²) < 4.78 is 26.6. The first-order chi connectivity index (χ1) is 14.3. The molecule has 0 aliphatic heterocycles. The number of carbonyl (C=O) groups excluding carboxylic acids is 1. The fourth-order valence-corrected chi connectivity index (χ4v) is 4.79. The Morgan fingerprint density at radius 3 is 2.06 bits per heavy atom. The molecule has 5 nitrogen and oxygen atoms in total. The largest absolute Gasteiger partial charge is 0.348 e. The quantitative estimate of drug-likeness (QED) is 0.652. The van der Waals surface area contributed by atoms with Gasteiger partial charge in [0, 0.05) is 0 Å². The Hall–Kier alpha value is -2.34. The molecule has 0 heterocycles. The zero-order valence-electron chi connectivity index (χ0n) is 20.0. The summed E-state index contributed by atoms with van der Waals surface area (Å²) >= 11 is 0. The second-order valence-electron chi connectivity index (χ2n) is 9.35. The third-order valence-electron chi connectivity index (χ3n) is 5.71. The third-order valence-corrected chi connectivity index (χ3v) is 6.89. The molecular weight excluding hydrogens is 408 g/mol. The standard InChI is InChI=1S/C25H36N2O3S/c1-9-23(27(31(8,29)30)22-15-10-17(2)18(3)16-22)24(28)26-19(4)20-11-13-21(14-12-20)25(5,6)7/h10-16,19,23H,9H2,1-8H3,(H,26,28). The van der Waals surface area contributed by atoms with Crippen LogP contribution in [0.3, 0.4) is 0 Å². The molecule has 1 N–H and O–H groups in total. The molecule has 0 aliphatic rings. The second-order valence-corrected chi connectivity index (χ2v) is 11.2. The number of sulfonamides is 1. The molecule has 170 valence electrons. The van der Waals surface area contributed by atoms with E-state index < -0.39 is 16.1 Å². The lowest BCUT2D eigenvalue weighted by Gasteiger charge is -2.31. The second kappa shape index (κ2) is 9.43. The number of carbonyl (C=O) groups is 1. The van der Waals surface area contributed by atoms with Crippen LogP contribution in [0.5, 0.6) is 0 Å². The summed E-state index contributed by atoms with van der Waals surface area (Å²) in [5.41, 5.74) is 4.82. The summed E-state index contributed by atoms with van der Waals surface area (Å²) in [5, 5.41) is 3.01. The summed E-state index contributed by atoms with van der Waals surface area (Å²) in [6.07, 6.45) is 1.51. The Labute approximate surface area is 187 Å². The number of nitrogens with one attached hydrogen (secondary N) is 1. The van der Waals surface area contributed by atoms with Crippen molar-refractivity contribution >= 4 is 21.6 Å². The Balaban J connectivity index is 2.30. The molecule has 0 aliphatic carbocycles. The average molecular weight is 445 g/mol. The van der Waals surface area contributed by atoms with Crippen molar-refractivity contribution < 1.29 is 13.2 Å². The van der Waals surface area contributed by atoms with Gasteiger partial charge in [0.05, 0.1) is 18.0 Å². The van der Waals surface area contributed by atoms with E-state index in [1.807, 2.05) is 52.0 Å². The third kappa shape index (κ3) is 6.10. The van der Waals surface area contributed by atoms with Crippen molar-refractivity contribution in [1.82, 2.24) is 5.32 Å².